The van der Waals surface area contributed by atoms with Crippen LogP contribution in [0.5, 0.6) is 0 Å². The Balaban J connectivity index is 1.53. The number of nitrogens with zero attached hydrogens (tertiary/aromatic N) is 3. The van der Waals surface area contributed by atoms with Crippen LogP contribution < -0.4 is 16.2 Å². The fourth-order valence-corrected chi connectivity index (χ4v) is 3.20. The van der Waals surface area contributed by atoms with Crippen molar-refractivity contribution in [3.63, 3.8) is 0 Å². The Hall–Kier alpha value is -1.84. The molecule has 1 aromatic heterocycles. The molecule has 2 aliphatic rings. The fourth-order valence-electron chi connectivity index (χ4n) is 3.20. The van der Waals surface area contributed by atoms with E-state index in [0.29, 0.717) is 19.6 Å². The number of carbonyl (C=O) groups excluding carboxylic acids is 1. The molecule has 0 aromatic carbocycles. The van der Waals surface area contributed by atoms with Gasteiger partial charge in [0.2, 0.25) is 5.91 Å². The number of carbonyl (C=O) groups is 1. The highest BCUT2D eigenvalue weighted by Crippen LogP contribution is 2.14. The van der Waals surface area contributed by atoms with Crippen molar-refractivity contribution in [1.29, 1.82) is 0 Å². The number of hydrogen-bond acceptors (Lipinski definition) is 5. The van der Waals surface area contributed by atoms with Gasteiger partial charge in [0.25, 0.3) is 12.0 Å². The van der Waals surface area contributed by atoms with E-state index in [0.717, 1.165) is 18.7 Å². The van der Waals surface area contributed by atoms with Crippen molar-refractivity contribution in [2.75, 3.05) is 26.2 Å². The van der Waals surface area contributed by atoms with E-state index in [-0.39, 0.29) is 17.9 Å². The highest BCUT2D eigenvalue weighted by molar-refractivity contribution is 5.77. The normalized spacial score (nSPS) is 26.0. The molecule has 0 aliphatic carbocycles. The van der Waals surface area contributed by atoms with Crippen LogP contribution in [0.2, 0.25) is 0 Å². The van der Waals surface area contributed by atoms with Crippen molar-refractivity contribution in [1.82, 2.24) is 25.0 Å². The van der Waals surface area contributed by atoms with Gasteiger partial charge in [0, 0.05) is 58.5 Å². The first-order valence-electron chi connectivity index (χ1n) is 8.38. The lowest BCUT2D eigenvalue weighted by Gasteiger charge is -2.42. The minimum Gasteiger partial charge on any atom is -0.328 e. The summed E-state index contributed by atoms with van der Waals surface area (Å²) in [6.45, 7) is 3.46. The number of amides is 1. The van der Waals surface area contributed by atoms with E-state index in [1.54, 1.807) is 19.3 Å². The maximum atomic E-state index is 12.9. The predicted octanol–water partition coefficient (Wildman–Crippen LogP) is -0.470. The molecular weight excluding hydrogens is 332 g/mol. The van der Waals surface area contributed by atoms with Crippen molar-refractivity contribution < 1.29 is 13.6 Å². The zero-order valence-electron chi connectivity index (χ0n) is 14.1. The van der Waals surface area contributed by atoms with Gasteiger partial charge in [0.05, 0.1) is 6.04 Å². The van der Waals surface area contributed by atoms with Crippen LogP contribution in [0, 0.1) is 0 Å². The molecule has 1 amide bonds. The van der Waals surface area contributed by atoms with Crippen LogP contribution in [-0.4, -0.2) is 65.2 Å². The van der Waals surface area contributed by atoms with Gasteiger partial charge >= 0.3 is 0 Å². The number of aromatic nitrogens is 1. The lowest BCUT2D eigenvalue weighted by molar-refractivity contribution is -0.129. The summed E-state index contributed by atoms with van der Waals surface area (Å²) in [6.07, 6.45) is -1.56. The van der Waals surface area contributed by atoms with Crippen molar-refractivity contribution >= 4 is 5.91 Å². The maximum Gasteiger partial charge on any atom is 0.254 e. The SMILES string of the molecule is Cn1ccc(CN2CCN(C3NC(=O)CC(C(F)F)N3)CC2)cc1=O. The van der Waals surface area contributed by atoms with E-state index in [1.807, 2.05) is 11.0 Å². The average molecular weight is 355 g/mol. The first-order valence-corrected chi connectivity index (χ1v) is 8.38. The molecule has 7 nitrogen and oxygen atoms in total. The van der Waals surface area contributed by atoms with Crippen LogP contribution in [0.1, 0.15) is 12.0 Å². The monoisotopic (exact) mass is 355 g/mol. The molecule has 0 spiro atoms. The van der Waals surface area contributed by atoms with Crippen LogP contribution in [0.15, 0.2) is 23.1 Å². The topological polar surface area (TPSA) is 69.6 Å². The Labute approximate surface area is 144 Å². The van der Waals surface area contributed by atoms with Gasteiger partial charge in [-0.2, -0.15) is 0 Å². The van der Waals surface area contributed by atoms with Gasteiger partial charge in [0.1, 0.15) is 6.29 Å². The lowest BCUT2D eigenvalue weighted by Crippen LogP contribution is -2.67. The summed E-state index contributed by atoms with van der Waals surface area (Å²) in [5.74, 6) is -0.350. The zero-order chi connectivity index (χ0) is 18.0. The molecule has 25 heavy (non-hydrogen) atoms. The van der Waals surface area contributed by atoms with Gasteiger partial charge < -0.3 is 9.88 Å². The summed E-state index contributed by atoms with van der Waals surface area (Å²) in [5.41, 5.74) is 0.918. The van der Waals surface area contributed by atoms with E-state index in [4.69, 9.17) is 0 Å². The molecule has 2 fully saturated rings. The average Bonchev–Trinajstić information content (AvgIpc) is 2.58. The molecule has 2 aliphatic heterocycles. The molecule has 138 valence electrons. The van der Waals surface area contributed by atoms with E-state index in [2.05, 4.69) is 15.5 Å². The Morgan fingerprint density at radius 2 is 1.96 bits per heavy atom. The summed E-state index contributed by atoms with van der Waals surface area (Å²) in [4.78, 5) is 27.5. The van der Waals surface area contributed by atoms with Gasteiger partial charge in [-0.1, -0.05) is 0 Å². The number of piperazine rings is 1. The first-order chi connectivity index (χ1) is 11.9. The minimum atomic E-state index is -2.56. The van der Waals surface area contributed by atoms with Crippen molar-refractivity contribution in [3.05, 3.63) is 34.2 Å². The van der Waals surface area contributed by atoms with Gasteiger partial charge in [-0.05, 0) is 11.6 Å². The van der Waals surface area contributed by atoms with E-state index < -0.39 is 18.8 Å². The fraction of sp³-hybridized carbons (Fsp3) is 0.625. The van der Waals surface area contributed by atoms with E-state index in [1.165, 1.54) is 4.57 Å². The number of halogens is 2. The number of hydrogen-bond donors (Lipinski definition) is 2. The van der Waals surface area contributed by atoms with Crippen LogP contribution in [-0.2, 0) is 18.4 Å². The number of rotatable bonds is 4. The third-order valence-corrected chi connectivity index (χ3v) is 4.73. The predicted molar refractivity (Wildman–Crippen MR) is 88.0 cm³/mol. The summed E-state index contributed by atoms with van der Waals surface area (Å²) in [7, 11) is 1.71. The molecule has 1 aromatic rings. The molecule has 2 N–H and O–H groups in total. The van der Waals surface area contributed by atoms with Crippen molar-refractivity contribution in [3.8, 4) is 0 Å². The second-order valence-corrected chi connectivity index (χ2v) is 6.58. The highest BCUT2D eigenvalue weighted by Gasteiger charge is 2.35. The third kappa shape index (κ3) is 4.42. The molecule has 2 atom stereocenters. The quantitative estimate of drug-likeness (QED) is 0.764. The van der Waals surface area contributed by atoms with Gasteiger partial charge in [-0.15, -0.1) is 0 Å². The van der Waals surface area contributed by atoms with Crippen molar-refractivity contribution in [2.24, 2.45) is 7.05 Å². The highest BCUT2D eigenvalue weighted by atomic mass is 19.3. The number of pyridine rings is 1. The molecule has 9 heteroatoms. The standard InChI is InChI=1S/C16H23F2N5O2/c1-21-3-2-11(8-14(21)25)10-22-4-6-23(7-5-22)16-19-12(15(17)18)9-13(24)20-16/h2-3,8,12,15-16,19H,4-7,9-10H2,1H3,(H,20,24). The molecule has 0 bridgehead atoms. The maximum absolute atomic E-state index is 12.9. The van der Waals surface area contributed by atoms with Crippen LogP contribution in [0.3, 0.4) is 0 Å². The van der Waals surface area contributed by atoms with E-state index in [9.17, 15) is 18.4 Å². The number of nitrogens with one attached hydrogen (secondary N) is 2. The molecule has 0 saturated carbocycles. The zero-order valence-corrected chi connectivity index (χ0v) is 14.1. The van der Waals surface area contributed by atoms with Crippen LogP contribution in [0.25, 0.3) is 0 Å². The summed E-state index contributed by atoms with van der Waals surface area (Å²) in [5, 5.41) is 5.54. The molecule has 3 heterocycles. The molecule has 0 radical (unpaired) electrons. The number of alkyl halides is 2. The Morgan fingerprint density at radius 3 is 2.60 bits per heavy atom. The second-order valence-electron chi connectivity index (χ2n) is 6.58. The summed E-state index contributed by atoms with van der Waals surface area (Å²) >= 11 is 0. The van der Waals surface area contributed by atoms with Gasteiger partial charge in [-0.25, -0.2) is 8.78 Å². The molecule has 2 unspecified atom stereocenters. The van der Waals surface area contributed by atoms with Crippen molar-refractivity contribution in [2.45, 2.75) is 31.7 Å². The third-order valence-electron chi connectivity index (χ3n) is 4.73. The molecular formula is C16H23F2N5O2. The minimum absolute atomic E-state index is 0.0386. The molecule has 3 rings (SSSR count). The Bertz CT molecular complexity index is 673. The van der Waals surface area contributed by atoms with E-state index >= 15 is 0 Å². The number of aryl methyl sites for hydroxylation is 1. The second kappa shape index (κ2) is 7.59. The first kappa shape index (κ1) is 18.0. The largest absolute Gasteiger partial charge is 0.328 e. The Morgan fingerprint density at radius 1 is 1.24 bits per heavy atom. The summed E-state index contributed by atoms with van der Waals surface area (Å²) in [6, 6.07) is 2.45. The smallest absolute Gasteiger partial charge is 0.254 e. The Kier molecular flexibility index (Phi) is 5.45. The van der Waals surface area contributed by atoms with Crippen LogP contribution >= 0.6 is 0 Å². The summed E-state index contributed by atoms with van der Waals surface area (Å²) < 4.78 is 27.3. The molecule has 2 saturated heterocycles. The van der Waals surface area contributed by atoms with Gasteiger partial charge in [0.15, 0.2) is 0 Å². The lowest BCUT2D eigenvalue weighted by atomic mass is 10.1. The van der Waals surface area contributed by atoms with Crippen LogP contribution in [0.4, 0.5) is 8.78 Å². The van der Waals surface area contributed by atoms with Gasteiger partial charge in [-0.3, -0.25) is 24.7 Å².